The molecular weight excluding hydrogens is 388 g/mol. The van der Waals surface area contributed by atoms with Crippen LogP contribution in [0.15, 0.2) is 18.2 Å². The summed E-state index contributed by atoms with van der Waals surface area (Å²) in [5.74, 6) is -0.871. The van der Waals surface area contributed by atoms with Gasteiger partial charge in [0.1, 0.15) is 11.4 Å². The standard InChI is InChI=1S/C21H30F4N2O2/c1-7-16-12-26(19(28)29-20(4,5)6)13(2)11-27(16)14(3)17-9-8-15(10-18(17)22)21(23,24)25/h8-10,13-14,16H,7,11-12H2,1-6H3/t13-,14?,16+/m0/s1. The van der Waals surface area contributed by atoms with Gasteiger partial charge in [0.15, 0.2) is 0 Å². The van der Waals surface area contributed by atoms with Crippen LogP contribution in [0.25, 0.3) is 0 Å². The number of rotatable bonds is 3. The number of halogens is 4. The highest BCUT2D eigenvalue weighted by molar-refractivity contribution is 5.68. The molecule has 1 aromatic rings. The Morgan fingerprint density at radius 2 is 1.86 bits per heavy atom. The van der Waals surface area contributed by atoms with E-state index in [1.54, 1.807) is 32.6 Å². The minimum Gasteiger partial charge on any atom is -0.444 e. The van der Waals surface area contributed by atoms with Crippen LogP contribution in [-0.4, -0.2) is 46.7 Å². The number of alkyl halides is 3. The third-order valence-corrected chi connectivity index (χ3v) is 5.26. The van der Waals surface area contributed by atoms with Gasteiger partial charge in [-0.2, -0.15) is 13.2 Å². The maximum absolute atomic E-state index is 14.5. The average Bonchev–Trinajstić information content (AvgIpc) is 2.58. The van der Waals surface area contributed by atoms with Gasteiger partial charge in [-0.25, -0.2) is 9.18 Å². The van der Waals surface area contributed by atoms with Gasteiger partial charge in [0.25, 0.3) is 0 Å². The van der Waals surface area contributed by atoms with Crippen LogP contribution in [0, 0.1) is 5.82 Å². The normalized spacial score (nSPS) is 22.5. The van der Waals surface area contributed by atoms with E-state index < -0.39 is 35.3 Å². The Hall–Kier alpha value is -1.83. The monoisotopic (exact) mass is 418 g/mol. The second kappa shape index (κ2) is 8.50. The van der Waals surface area contributed by atoms with Crippen molar-refractivity contribution in [3.63, 3.8) is 0 Å². The van der Waals surface area contributed by atoms with Crippen molar-refractivity contribution in [3.8, 4) is 0 Å². The average molecular weight is 418 g/mol. The largest absolute Gasteiger partial charge is 0.444 e. The first-order valence-electron chi connectivity index (χ1n) is 9.86. The Balaban J connectivity index is 2.22. The summed E-state index contributed by atoms with van der Waals surface area (Å²) in [4.78, 5) is 16.3. The first-order valence-corrected chi connectivity index (χ1v) is 9.86. The summed E-state index contributed by atoms with van der Waals surface area (Å²) in [7, 11) is 0. The summed E-state index contributed by atoms with van der Waals surface area (Å²) in [5.41, 5.74) is -1.39. The zero-order valence-corrected chi connectivity index (χ0v) is 17.8. The summed E-state index contributed by atoms with van der Waals surface area (Å²) in [6, 6.07) is 2.01. The molecule has 0 spiro atoms. The number of carbonyl (C=O) groups excluding carboxylic acids is 1. The van der Waals surface area contributed by atoms with E-state index >= 15 is 0 Å². The quantitative estimate of drug-likeness (QED) is 0.597. The number of benzene rings is 1. The van der Waals surface area contributed by atoms with E-state index in [4.69, 9.17) is 4.74 Å². The number of piperazine rings is 1. The molecule has 0 N–H and O–H groups in total. The van der Waals surface area contributed by atoms with Crippen molar-refractivity contribution >= 4 is 6.09 Å². The Labute approximate surface area is 169 Å². The van der Waals surface area contributed by atoms with Crippen molar-refractivity contribution in [2.24, 2.45) is 0 Å². The molecule has 1 aliphatic heterocycles. The fourth-order valence-electron chi connectivity index (χ4n) is 3.70. The topological polar surface area (TPSA) is 32.8 Å². The van der Waals surface area contributed by atoms with Gasteiger partial charge in [0, 0.05) is 36.8 Å². The highest BCUT2D eigenvalue weighted by Crippen LogP contribution is 2.34. The number of ether oxygens (including phenoxy) is 1. The van der Waals surface area contributed by atoms with E-state index in [9.17, 15) is 22.4 Å². The van der Waals surface area contributed by atoms with E-state index in [1.807, 2.05) is 13.8 Å². The minimum atomic E-state index is -4.58. The van der Waals surface area contributed by atoms with Crippen LogP contribution in [0.2, 0.25) is 0 Å². The number of hydrogen-bond acceptors (Lipinski definition) is 3. The lowest BCUT2D eigenvalue weighted by molar-refractivity contribution is -0.137. The number of amides is 1. The van der Waals surface area contributed by atoms with Crippen molar-refractivity contribution in [2.45, 2.75) is 77.9 Å². The molecular formula is C21H30F4N2O2. The molecule has 2 rings (SSSR count). The van der Waals surface area contributed by atoms with Gasteiger partial charge < -0.3 is 9.64 Å². The van der Waals surface area contributed by atoms with Gasteiger partial charge in [-0.15, -0.1) is 0 Å². The molecule has 1 saturated heterocycles. The van der Waals surface area contributed by atoms with Gasteiger partial charge in [0.2, 0.25) is 0 Å². The third kappa shape index (κ3) is 5.62. The van der Waals surface area contributed by atoms with Gasteiger partial charge >= 0.3 is 12.3 Å². The molecule has 0 saturated carbocycles. The SMILES string of the molecule is CC[C@@H]1CN(C(=O)OC(C)(C)C)[C@@H](C)CN1C(C)c1ccc(C(F)(F)F)cc1F. The van der Waals surface area contributed by atoms with E-state index in [0.29, 0.717) is 25.6 Å². The van der Waals surface area contributed by atoms with Crippen LogP contribution >= 0.6 is 0 Å². The predicted molar refractivity (Wildman–Crippen MR) is 103 cm³/mol. The Kier molecular flexibility index (Phi) is 6.87. The summed E-state index contributed by atoms with van der Waals surface area (Å²) < 4.78 is 58.5. The maximum atomic E-state index is 14.5. The van der Waals surface area contributed by atoms with E-state index in [-0.39, 0.29) is 17.6 Å². The van der Waals surface area contributed by atoms with Crippen LogP contribution in [0.4, 0.5) is 22.4 Å². The molecule has 1 aromatic carbocycles. The van der Waals surface area contributed by atoms with Gasteiger partial charge in [-0.1, -0.05) is 13.0 Å². The van der Waals surface area contributed by atoms with Gasteiger partial charge in [0.05, 0.1) is 5.56 Å². The van der Waals surface area contributed by atoms with Gasteiger partial charge in [-0.3, -0.25) is 4.90 Å². The molecule has 29 heavy (non-hydrogen) atoms. The molecule has 1 aliphatic rings. The summed E-state index contributed by atoms with van der Waals surface area (Å²) in [6.07, 6.45) is -4.27. The highest BCUT2D eigenvalue weighted by atomic mass is 19.4. The zero-order chi connectivity index (χ0) is 22.1. The van der Waals surface area contributed by atoms with Crippen molar-refractivity contribution < 1.29 is 27.1 Å². The molecule has 0 aromatic heterocycles. The third-order valence-electron chi connectivity index (χ3n) is 5.26. The van der Waals surface area contributed by atoms with E-state index in [0.717, 1.165) is 6.07 Å². The fourth-order valence-corrected chi connectivity index (χ4v) is 3.70. The molecule has 0 bridgehead atoms. The molecule has 1 amide bonds. The number of hydrogen-bond donors (Lipinski definition) is 0. The van der Waals surface area contributed by atoms with Crippen molar-refractivity contribution in [1.29, 1.82) is 0 Å². The second-order valence-electron chi connectivity index (χ2n) is 8.65. The molecule has 1 fully saturated rings. The van der Waals surface area contributed by atoms with E-state index in [2.05, 4.69) is 4.90 Å². The predicted octanol–water partition coefficient (Wildman–Crippen LogP) is 5.63. The Morgan fingerprint density at radius 3 is 2.34 bits per heavy atom. The Morgan fingerprint density at radius 1 is 1.24 bits per heavy atom. The lowest BCUT2D eigenvalue weighted by Gasteiger charge is -2.47. The summed E-state index contributed by atoms with van der Waals surface area (Å²) in [5, 5.41) is 0. The summed E-state index contributed by atoms with van der Waals surface area (Å²) >= 11 is 0. The first-order chi connectivity index (χ1) is 13.2. The van der Waals surface area contributed by atoms with Crippen molar-refractivity contribution in [1.82, 2.24) is 9.80 Å². The van der Waals surface area contributed by atoms with Gasteiger partial charge in [-0.05, 0) is 53.2 Å². The lowest BCUT2D eigenvalue weighted by atomic mass is 9.97. The zero-order valence-electron chi connectivity index (χ0n) is 17.8. The van der Waals surface area contributed by atoms with Crippen LogP contribution in [-0.2, 0) is 10.9 Å². The molecule has 3 atom stereocenters. The molecule has 164 valence electrons. The second-order valence-corrected chi connectivity index (χ2v) is 8.65. The number of nitrogens with zero attached hydrogens (tertiary/aromatic N) is 2. The molecule has 1 heterocycles. The highest BCUT2D eigenvalue weighted by Gasteiger charge is 2.38. The minimum absolute atomic E-state index is 0.0598. The Bertz CT molecular complexity index is 730. The van der Waals surface area contributed by atoms with Crippen LogP contribution in [0.3, 0.4) is 0 Å². The van der Waals surface area contributed by atoms with Crippen LogP contribution in [0.5, 0.6) is 0 Å². The smallest absolute Gasteiger partial charge is 0.416 e. The summed E-state index contributed by atoms with van der Waals surface area (Å²) in [6.45, 7) is 11.9. The molecule has 0 radical (unpaired) electrons. The van der Waals surface area contributed by atoms with Crippen molar-refractivity contribution in [2.75, 3.05) is 13.1 Å². The lowest BCUT2D eigenvalue weighted by Crippen LogP contribution is -2.59. The van der Waals surface area contributed by atoms with Crippen LogP contribution < -0.4 is 0 Å². The molecule has 0 aliphatic carbocycles. The molecule has 4 nitrogen and oxygen atoms in total. The van der Waals surface area contributed by atoms with Crippen LogP contribution in [0.1, 0.15) is 65.1 Å². The molecule has 1 unspecified atom stereocenters. The number of carbonyl (C=O) groups is 1. The van der Waals surface area contributed by atoms with E-state index in [1.165, 1.54) is 6.07 Å². The fraction of sp³-hybridized carbons (Fsp3) is 0.667. The molecule has 8 heteroatoms. The van der Waals surface area contributed by atoms with Crippen molar-refractivity contribution in [3.05, 3.63) is 35.1 Å². The maximum Gasteiger partial charge on any atom is 0.416 e. The first kappa shape index (κ1) is 23.4.